The molecule has 0 radical (unpaired) electrons. The second-order valence-corrected chi connectivity index (χ2v) is 6.40. The fourth-order valence-corrected chi connectivity index (χ4v) is 3.21. The Morgan fingerprint density at radius 1 is 0.960 bits per heavy atom. The Balaban J connectivity index is 1.58. The highest BCUT2D eigenvalue weighted by Gasteiger charge is 2.21. The zero-order valence-corrected chi connectivity index (χ0v) is 14.6. The minimum Gasteiger partial charge on any atom is -0.293 e. The van der Waals surface area contributed by atoms with Crippen LogP contribution in [0.1, 0.15) is 16.8 Å². The molecule has 9 heteroatoms. The van der Waals surface area contributed by atoms with Crippen LogP contribution in [0.25, 0.3) is 11.4 Å². The lowest BCUT2D eigenvalue weighted by atomic mass is 10.1. The summed E-state index contributed by atoms with van der Waals surface area (Å²) in [4.78, 5) is 27.4. The van der Waals surface area contributed by atoms with E-state index in [2.05, 4.69) is 29.8 Å². The molecular weight excluding hydrogens is 361 g/mol. The zero-order chi connectivity index (χ0) is 17.2. The van der Waals surface area contributed by atoms with Crippen LogP contribution in [0.15, 0.2) is 31.2 Å². The minimum absolute atomic E-state index is 0.385. The maximum atomic E-state index is 6.15. The summed E-state index contributed by atoms with van der Waals surface area (Å²) in [5.74, 6) is 0.625. The monoisotopic (exact) mass is 373 g/mol. The average Bonchev–Trinajstić information content (AvgIpc) is 2.65. The molecule has 0 amide bonds. The molecule has 0 aliphatic carbocycles. The lowest BCUT2D eigenvalue weighted by Crippen LogP contribution is -2.31. The van der Waals surface area contributed by atoms with Gasteiger partial charge < -0.3 is 0 Å². The third-order valence-electron chi connectivity index (χ3n) is 4.07. The molecule has 0 spiro atoms. The third kappa shape index (κ3) is 3.44. The molecule has 0 atom stereocenters. The zero-order valence-electron chi connectivity index (χ0n) is 13.1. The van der Waals surface area contributed by atoms with Crippen molar-refractivity contribution in [3.63, 3.8) is 0 Å². The molecule has 4 rings (SSSR count). The number of fused-ring (bicyclic) bond motifs is 1. The van der Waals surface area contributed by atoms with Crippen molar-refractivity contribution in [1.82, 2.24) is 34.8 Å². The van der Waals surface area contributed by atoms with Gasteiger partial charge in [0.05, 0.1) is 11.3 Å². The molecule has 126 valence electrons. The molecule has 0 saturated carbocycles. The van der Waals surface area contributed by atoms with Gasteiger partial charge in [0.25, 0.3) is 0 Å². The molecule has 0 saturated heterocycles. The molecule has 0 aromatic carbocycles. The number of nitrogens with zero attached hydrogens (tertiary/aromatic N) is 7. The van der Waals surface area contributed by atoms with E-state index in [1.807, 2.05) is 6.20 Å². The molecule has 0 bridgehead atoms. The highest BCUT2D eigenvalue weighted by Crippen LogP contribution is 2.25. The van der Waals surface area contributed by atoms with E-state index in [0.29, 0.717) is 29.2 Å². The van der Waals surface area contributed by atoms with Crippen molar-refractivity contribution in [3.8, 4) is 11.4 Å². The first-order valence-electron chi connectivity index (χ1n) is 7.68. The standard InChI is InChI=1S/C16H13Cl2N7/c17-14-12(15(18)23-9-22-14)6-25-2-1-10-5-21-16(24-13(10)7-25)11-3-19-8-20-4-11/h3-5,8-9H,1-2,6-7H2. The van der Waals surface area contributed by atoms with Gasteiger partial charge in [-0.15, -0.1) is 0 Å². The predicted octanol–water partition coefficient (Wildman–Crippen LogP) is 2.59. The van der Waals surface area contributed by atoms with Crippen molar-refractivity contribution < 1.29 is 0 Å². The SMILES string of the molecule is Clc1ncnc(Cl)c1CN1CCc2cnc(-c3cncnc3)nc2C1. The molecule has 3 aromatic rings. The van der Waals surface area contributed by atoms with Crippen LogP contribution >= 0.6 is 23.2 Å². The van der Waals surface area contributed by atoms with Gasteiger partial charge >= 0.3 is 0 Å². The Bertz CT molecular complexity index is 884. The third-order valence-corrected chi connectivity index (χ3v) is 4.72. The van der Waals surface area contributed by atoms with E-state index < -0.39 is 0 Å². The van der Waals surface area contributed by atoms with Crippen LogP contribution in [-0.2, 0) is 19.5 Å². The molecular formula is C16H13Cl2N7. The molecule has 4 heterocycles. The van der Waals surface area contributed by atoms with Crippen LogP contribution < -0.4 is 0 Å². The fourth-order valence-electron chi connectivity index (χ4n) is 2.77. The molecule has 1 aliphatic heterocycles. The van der Waals surface area contributed by atoms with Crippen molar-refractivity contribution in [2.24, 2.45) is 0 Å². The summed E-state index contributed by atoms with van der Waals surface area (Å²) in [6.07, 6.45) is 9.00. The number of hydrogen-bond acceptors (Lipinski definition) is 7. The van der Waals surface area contributed by atoms with Gasteiger partial charge in [0.15, 0.2) is 5.82 Å². The van der Waals surface area contributed by atoms with Crippen molar-refractivity contribution >= 4 is 23.2 Å². The first-order valence-corrected chi connectivity index (χ1v) is 8.43. The van der Waals surface area contributed by atoms with E-state index in [4.69, 9.17) is 28.2 Å². The first kappa shape index (κ1) is 16.3. The largest absolute Gasteiger partial charge is 0.293 e. The van der Waals surface area contributed by atoms with E-state index in [1.54, 1.807) is 12.4 Å². The summed E-state index contributed by atoms with van der Waals surface area (Å²) in [6, 6.07) is 0. The van der Waals surface area contributed by atoms with Gasteiger partial charge in [-0.3, -0.25) is 4.90 Å². The summed E-state index contributed by atoms with van der Waals surface area (Å²) in [7, 11) is 0. The number of halogens is 2. The van der Waals surface area contributed by atoms with Crippen molar-refractivity contribution in [2.75, 3.05) is 6.54 Å². The Labute approximate surface area is 154 Å². The normalized spacial score (nSPS) is 14.3. The number of rotatable bonds is 3. The summed E-state index contributed by atoms with van der Waals surface area (Å²) < 4.78 is 0. The first-order chi connectivity index (χ1) is 12.2. The summed E-state index contributed by atoms with van der Waals surface area (Å²) >= 11 is 12.3. The van der Waals surface area contributed by atoms with Gasteiger partial charge in [-0.1, -0.05) is 23.2 Å². The van der Waals surface area contributed by atoms with E-state index in [1.165, 1.54) is 12.7 Å². The fraction of sp³-hybridized carbons (Fsp3) is 0.250. The average molecular weight is 374 g/mol. The topological polar surface area (TPSA) is 80.6 Å². The Morgan fingerprint density at radius 3 is 2.48 bits per heavy atom. The lowest BCUT2D eigenvalue weighted by Gasteiger charge is -2.28. The molecule has 3 aromatic heterocycles. The number of aromatic nitrogens is 6. The van der Waals surface area contributed by atoms with E-state index >= 15 is 0 Å². The van der Waals surface area contributed by atoms with Crippen molar-refractivity contribution in [3.05, 3.63) is 58.4 Å². The summed E-state index contributed by atoms with van der Waals surface area (Å²) in [5, 5.41) is 0.770. The van der Waals surface area contributed by atoms with Gasteiger partial charge in [0.1, 0.15) is 23.0 Å². The van der Waals surface area contributed by atoms with Crippen molar-refractivity contribution in [1.29, 1.82) is 0 Å². The van der Waals surface area contributed by atoms with Crippen LogP contribution in [0.4, 0.5) is 0 Å². The van der Waals surface area contributed by atoms with E-state index in [-0.39, 0.29) is 0 Å². The quantitative estimate of drug-likeness (QED) is 0.652. The van der Waals surface area contributed by atoms with Gasteiger partial charge in [0, 0.05) is 43.8 Å². The van der Waals surface area contributed by atoms with Crippen molar-refractivity contribution in [2.45, 2.75) is 19.5 Å². The summed E-state index contributed by atoms with van der Waals surface area (Å²) in [5.41, 5.74) is 3.67. The van der Waals surface area contributed by atoms with Gasteiger partial charge in [-0.05, 0) is 12.0 Å². The highest BCUT2D eigenvalue weighted by molar-refractivity contribution is 6.34. The Kier molecular flexibility index (Phi) is 4.52. The van der Waals surface area contributed by atoms with Crippen LogP contribution in [0.2, 0.25) is 10.3 Å². The molecule has 0 fully saturated rings. The van der Waals surface area contributed by atoms with Crippen LogP contribution in [0.5, 0.6) is 0 Å². The summed E-state index contributed by atoms with van der Waals surface area (Å²) in [6.45, 7) is 2.12. The van der Waals surface area contributed by atoms with Gasteiger partial charge in [0.2, 0.25) is 0 Å². The van der Waals surface area contributed by atoms with Crippen LogP contribution in [-0.4, -0.2) is 41.3 Å². The molecule has 0 N–H and O–H groups in total. The highest BCUT2D eigenvalue weighted by atomic mass is 35.5. The smallest absolute Gasteiger partial charge is 0.162 e. The maximum absolute atomic E-state index is 6.15. The van der Waals surface area contributed by atoms with Crippen LogP contribution in [0.3, 0.4) is 0 Å². The van der Waals surface area contributed by atoms with Crippen LogP contribution in [0, 0.1) is 0 Å². The second kappa shape index (κ2) is 6.95. The minimum atomic E-state index is 0.385. The van der Waals surface area contributed by atoms with Gasteiger partial charge in [-0.2, -0.15) is 0 Å². The Morgan fingerprint density at radius 2 is 1.72 bits per heavy atom. The number of hydrogen-bond donors (Lipinski definition) is 0. The van der Waals surface area contributed by atoms with Gasteiger partial charge in [-0.25, -0.2) is 29.9 Å². The molecule has 1 aliphatic rings. The van der Waals surface area contributed by atoms with E-state index in [9.17, 15) is 0 Å². The Hall–Kier alpha value is -2.22. The molecule has 7 nitrogen and oxygen atoms in total. The lowest BCUT2D eigenvalue weighted by molar-refractivity contribution is 0.241. The predicted molar refractivity (Wildman–Crippen MR) is 92.9 cm³/mol. The maximum Gasteiger partial charge on any atom is 0.162 e. The molecule has 25 heavy (non-hydrogen) atoms. The second-order valence-electron chi connectivity index (χ2n) is 5.69. The van der Waals surface area contributed by atoms with E-state index in [0.717, 1.165) is 35.3 Å². The molecule has 0 unspecified atom stereocenters.